The maximum Gasteiger partial charge on any atom is 0.123 e. The van der Waals surface area contributed by atoms with Crippen LogP contribution in [0.5, 0.6) is 0 Å². The Kier molecular flexibility index (Phi) is 3.53. The Hall–Kier alpha value is -0.890. The van der Waals surface area contributed by atoms with E-state index in [4.69, 9.17) is 0 Å². The molecular formula is C15H22FN. The van der Waals surface area contributed by atoms with Gasteiger partial charge in [-0.3, -0.25) is 0 Å². The zero-order valence-electron chi connectivity index (χ0n) is 11.0. The van der Waals surface area contributed by atoms with Crippen LogP contribution in [-0.4, -0.2) is 6.54 Å². The summed E-state index contributed by atoms with van der Waals surface area (Å²) in [6.45, 7) is 7.68. The summed E-state index contributed by atoms with van der Waals surface area (Å²) in [6, 6.07) is 7.34. The first-order chi connectivity index (χ1) is 7.96. The molecular weight excluding hydrogens is 213 g/mol. The summed E-state index contributed by atoms with van der Waals surface area (Å²) in [6.07, 6.45) is 2.58. The Morgan fingerprint density at radius 1 is 1.24 bits per heavy atom. The van der Waals surface area contributed by atoms with E-state index in [2.05, 4.69) is 26.1 Å². The van der Waals surface area contributed by atoms with Crippen LogP contribution in [0, 0.1) is 17.2 Å². The van der Waals surface area contributed by atoms with Crippen molar-refractivity contribution in [3.8, 4) is 0 Å². The van der Waals surface area contributed by atoms with E-state index in [9.17, 15) is 4.39 Å². The van der Waals surface area contributed by atoms with Crippen molar-refractivity contribution in [2.45, 2.75) is 39.7 Å². The van der Waals surface area contributed by atoms with Gasteiger partial charge >= 0.3 is 0 Å². The summed E-state index contributed by atoms with van der Waals surface area (Å²) in [5.41, 5.74) is 1.51. The highest BCUT2D eigenvalue weighted by Gasteiger charge is 2.32. The fourth-order valence-electron chi connectivity index (χ4n) is 2.07. The minimum absolute atomic E-state index is 0.154. The van der Waals surface area contributed by atoms with Gasteiger partial charge in [-0.05, 0) is 41.9 Å². The van der Waals surface area contributed by atoms with Crippen LogP contribution in [0.1, 0.15) is 45.2 Å². The summed E-state index contributed by atoms with van der Waals surface area (Å²) >= 11 is 0. The summed E-state index contributed by atoms with van der Waals surface area (Å²) in [5.74, 6) is 0.585. The molecule has 94 valence electrons. The lowest BCUT2D eigenvalue weighted by Gasteiger charge is -2.25. The molecule has 17 heavy (non-hydrogen) atoms. The van der Waals surface area contributed by atoms with Crippen molar-refractivity contribution < 1.29 is 4.39 Å². The van der Waals surface area contributed by atoms with Crippen molar-refractivity contribution in [3.63, 3.8) is 0 Å². The second-order valence-corrected chi connectivity index (χ2v) is 6.31. The molecule has 2 rings (SSSR count). The Bertz CT molecular complexity index is 360. The van der Waals surface area contributed by atoms with Gasteiger partial charge < -0.3 is 5.32 Å². The summed E-state index contributed by atoms with van der Waals surface area (Å²) in [4.78, 5) is 0. The van der Waals surface area contributed by atoms with Crippen molar-refractivity contribution in [2.75, 3.05) is 6.54 Å². The summed E-state index contributed by atoms with van der Waals surface area (Å²) in [7, 11) is 0. The molecule has 1 nitrogen and oxygen atoms in total. The zero-order chi connectivity index (χ0) is 12.5. The van der Waals surface area contributed by atoms with Crippen LogP contribution < -0.4 is 5.32 Å². The van der Waals surface area contributed by atoms with Gasteiger partial charge in [-0.25, -0.2) is 4.39 Å². The lowest BCUT2D eigenvalue weighted by atomic mass is 9.94. The number of halogens is 1. The highest BCUT2D eigenvalue weighted by Crippen LogP contribution is 2.41. The fraction of sp³-hybridized carbons (Fsp3) is 0.600. The number of benzene rings is 1. The molecule has 1 saturated carbocycles. The molecule has 1 fully saturated rings. The first-order valence-electron chi connectivity index (χ1n) is 6.44. The van der Waals surface area contributed by atoms with Crippen LogP contribution in [0.4, 0.5) is 4.39 Å². The molecule has 0 amide bonds. The van der Waals surface area contributed by atoms with E-state index in [0.717, 1.165) is 12.5 Å². The van der Waals surface area contributed by atoms with Gasteiger partial charge in [-0.1, -0.05) is 32.9 Å². The number of hydrogen-bond donors (Lipinski definition) is 1. The van der Waals surface area contributed by atoms with E-state index in [-0.39, 0.29) is 11.2 Å². The molecule has 1 aliphatic carbocycles. The van der Waals surface area contributed by atoms with Gasteiger partial charge in [-0.2, -0.15) is 0 Å². The van der Waals surface area contributed by atoms with Crippen LogP contribution in [0.15, 0.2) is 24.3 Å². The molecule has 0 saturated heterocycles. The minimum atomic E-state index is -0.154. The van der Waals surface area contributed by atoms with Crippen LogP contribution >= 0.6 is 0 Å². The van der Waals surface area contributed by atoms with Gasteiger partial charge in [0.15, 0.2) is 0 Å². The summed E-state index contributed by atoms with van der Waals surface area (Å²) < 4.78 is 12.9. The maximum atomic E-state index is 12.9. The van der Waals surface area contributed by atoms with Crippen LogP contribution in [0.25, 0.3) is 0 Å². The van der Waals surface area contributed by atoms with Gasteiger partial charge in [0.05, 0.1) is 0 Å². The highest BCUT2D eigenvalue weighted by molar-refractivity contribution is 5.22. The third kappa shape index (κ3) is 3.81. The maximum absolute atomic E-state index is 12.9. The standard InChI is InChI=1S/C15H22FN/c1-15(2,3)10-17-14(11-4-5-11)12-6-8-13(16)9-7-12/h6-9,11,14,17H,4-5,10H2,1-3H3. The van der Waals surface area contributed by atoms with Crippen molar-refractivity contribution in [3.05, 3.63) is 35.6 Å². The first kappa shape index (κ1) is 12.6. The minimum Gasteiger partial charge on any atom is -0.309 e. The van der Waals surface area contributed by atoms with Crippen molar-refractivity contribution in [2.24, 2.45) is 11.3 Å². The SMILES string of the molecule is CC(C)(C)CNC(c1ccc(F)cc1)C1CC1. The molecule has 0 aromatic heterocycles. The molecule has 0 radical (unpaired) electrons. The average Bonchev–Trinajstić information content (AvgIpc) is 3.03. The Morgan fingerprint density at radius 2 is 1.82 bits per heavy atom. The third-order valence-electron chi connectivity index (χ3n) is 3.17. The number of rotatable bonds is 4. The van der Waals surface area contributed by atoms with E-state index in [0.29, 0.717) is 6.04 Å². The van der Waals surface area contributed by atoms with Gasteiger partial charge in [0, 0.05) is 12.6 Å². The number of nitrogens with one attached hydrogen (secondary N) is 1. The Labute approximate surface area is 103 Å². The predicted molar refractivity (Wildman–Crippen MR) is 69.3 cm³/mol. The van der Waals surface area contributed by atoms with E-state index >= 15 is 0 Å². The van der Waals surface area contributed by atoms with Gasteiger partial charge in [-0.15, -0.1) is 0 Å². The molecule has 0 bridgehead atoms. The molecule has 1 atom stereocenters. The molecule has 1 N–H and O–H groups in total. The molecule has 1 aliphatic rings. The molecule has 1 unspecified atom stereocenters. The van der Waals surface area contributed by atoms with Crippen molar-refractivity contribution >= 4 is 0 Å². The Morgan fingerprint density at radius 3 is 2.29 bits per heavy atom. The third-order valence-corrected chi connectivity index (χ3v) is 3.17. The Balaban J connectivity index is 2.04. The van der Waals surface area contributed by atoms with E-state index in [1.54, 1.807) is 12.1 Å². The average molecular weight is 235 g/mol. The lowest BCUT2D eigenvalue weighted by Crippen LogP contribution is -2.31. The smallest absolute Gasteiger partial charge is 0.123 e. The van der Waals surface area contributed by atoms with Crippen molar-refractivity contribution in [1.82, 2.24) is 5.32 Å². The van der Waals surface area contributed by atoms with E-state index in [1.165, 1.54) is 18.4 Å². The molecule has 0 aliphatic heterocycles. The molecule has 1 aromatic carbocycles. The zero-order valence-corrected chi connectivity index (χ0v) is 11.0. The predicted octanol–water partition coefficient (Wildman–Crippen LogP) is 3.91. The van der Waals surface area contributed by atoms with Crippen molar-refractivity contribution in [1.29, 1.82) is 0 Å². The second kappa shape index (κ2) is 4.77. The van der Waals surface area contributed by atoms with Crippen LogP contribution in [0.3, 0.4) is 0 Å². The monoisotopic (exact) mass is 235 g/mol. The summed E-state index contributed by atoms with van der Waals surface area (Å²) in [5, 5.41) is 3.63. The second-order valence-electron chi connectivity index (χ2n) is 6.31. The first-order valence-corrected chi connectivity index (χ1v) is 6.44. The lowest BCUT2D eigenvalue weighted by molar-refractivity contribution is 0.339. The molecule has 2 heteroatoms. The molecule has 0 heterocycles. The van der Waals surface area contributed by atoms with E-state index in [1.807, 2.05) is 12.1 Å². The highest BCUT2D eigenvalue weighted by atomic mass is 19.1. The normalized spacial score (nSPS) is 18.1. The molecule has 1 aromatic rings. The van der Waals surface area contributed by atoms with Gasteiger partial charge in [0.2, 0.25) is 0 Å². The largest absolute Gasteiger partial charge is 0.309 e. The van der Waals surface area contributed by atoms with Crippen LogP contribution in [0.2, 0.25) is 0 Å². The van der Waals surface area contributed by atoms with E-state index < -0.39 is 0 Å². The quantitative estimate of drug-likeness (QED) is 0.834. The molecule has 0 spiro atoms. The fourth-order valence-corrected chi connectivity index (χ4v) is 2.07. The number of hydrogen-bond acceptors (Lipinski definition) is 1. The van der Waals surface area contributed by atoms with Crippen LogP contribution in [-0.2, 0) is 0 Å². The van der Waals surface area contributed by atoms with Gasteiger partial charge in [0.1, 0.15) is 5.82 Å². The topological polar surface area (TPSA) is 12.0 Å². The van der Waals surface area contributed by atoms with Gasteiger partial charge in [0.25, 0.3) is 0 Å².